The number of pyridine rings is 1. The Hall–Kier alpha value is -2.82. The highest BCUT2D eigenvalue weighted by molar-refractivity contribution is 5.94. The highest BCUT2D eigenvalue weighted by atomic mass is 16.5. The SMILES string of the molecule is CCCCOc1ccc(C(C)NC(=O)c2c[nH]c3c(c2=O)CC=C3)cc1. The molecule has 136 valence electrons. The number of carbonyl (C=O) groups is 1. The quantitative estimate of drug-likeness (QED) is 0.748. The van der Waals surface area contributed by atoms with Gasteiger partial charge in [0.1, 0.15) is 11.3 Å². The predicted molar refractivity (Wildman–Crippen MR) is 103 cm³/mol. The van der Waals surface area contributed by atoms with E-state index in [1.165, 1.54) is 6.20 Å². The molecule has 0 saturated heterocycles. The fourth-order valence-electron chi connectivity index (χ4n) is 2.95. The molecule has 1 amide bonds. The second kappa shape index (κ2) is 8.04. The van der Waals surface area contributed by atoms with Gasteiger partial charge in [-0.05, 0) is 43.5 Å². The number of H-pyrrole nitrogens is 1. The van der Waals surface area contributed by atoms with Crippen molar-refractivity contribution in [3.8, 4) is 5.75 Å². The first-order chi connectivity index (χ1) is 12.6. The maximum absolute atomic E-state index is 12.5. The van der Waals surface area contributed by atoms with Gasteiger partial charge in [0.25, 0.3) is 5.91 Å². The van der Waals surface area contributed by atoms with Gasteiger partial charge in [0.05, 0.1) is 12.6 Å². The van der Waals surface area contributed by atoms with Crippen molar-refractivity contribution in [2.45, 2.75) is 39.2 Å². The van der Waals surface area contributed by atoms with Crippen molar-refractivity contribution < 1.29 is 9.53 Å². The van der Waals surface area contributed by atoms with E-state index in [1.807, 2.05) is 43.3 Å². The number of amides is 1. The molecule has 0 fully saturated rings. The Morgan fingerprint density at radius 2 is 2.08 bits per heavy atom. The van der Waals surface area contributed by atoms with Gasteiger partial charge in [0.15, 0.2) is 5.43 Å². The molecule has 26 heavy (non-hydrogen) atoms. The maximum atomic E-state index is 12.5. The monoisotopic (exact) mass is 352 g/mol. The van der Waals surface area contributed by atoms with Crippen LogP contribution in [0.2, 0.25) is 0 Å². The minimum atomic E-state index is -0.364. The highest BCUT2D eigenvalue weighted by Crippen LogP contribution is 2.19. The number of benzene rings is 1. The van der Waals surface area contributed by atoms with Gasteiger partial charge in [-0.3, -0.25) is 9.59 Å². The number of hydrogen-bond donors (Lipinski definition) is 2. The van der Waals surface area contributed by atoms with Crippen LogP contribution in [0.5, 0.6) is 5.75 Å². The summed E-state index contributed by atoms with van der Waals surface area (Å²) in [5.41, 5.74) is 2.35. The summed E-state index contributed by atoms with van der Waals surface area (Å²) in [4.78, 5) is 28.0. The van der Waals surface area contributed by atoms with Crippen LogP contribution in [0.4, 0.5) is 0 Å². The molecule has 1 atom stereocenters. The van der Waals surface area contributed by atoms with Gasteiger partial charge < -0.3 is 15.0 Å². The lowest BCUT2D eigenvalue weighted by atomic mass is 10.1. The number of rotatable bonds is 7. The lowest BCUT2D eigenvalue weighted by Crippen LogP contribution is -2.32. The molecule has 1 aliphatic rings. The van der Waals surface area contributed by atoms with E-state index < -0.39 is 0 Å². The van der Waals surface area contributed by atoms with Crippen LogP contribution in [0.3, 0.4) is 0 Å². The van der Waals surface area contributed by atoms with Crippen molar-refractivity contribution in [3.05, 3.63) is 69.1 Å². The maximum Gasteiger partial charge on any atom is 0.257 e. The van der Waals surface area contributed by atoms with E-state index in [1.54, 1.807) is 0 Å². The third-order valence-corrected chi connectivity index (χ3v) is 4.56. The molecule has 0 radical (unpaired) electrons. The number of carbonyl (C=O) groups excluding carboxylic acids is 1. The lowest BCUT2D eigenvalue weighted by Gasteiger charge is -2.15. The minimum Gasteiger partial charge on any atom is -0.494 e. The minimum absolute atomic E-state index is 0.152. The Kier molecular flexibility index (Phi) is 5.56. The molecule has 1 aromatic heterocycles. The molecule has 0 aliphatic heterocycles. The molecule has 1 aromatic carbocycles. The van der Waals surface area contributed by atoms with E-state index in [9.17, 15) is 9.59 Å². The molecule has 2 N–H and O–H groups in total. The number of fused-ring (bicyclic) bond motifs is 1. The first kappa shape index (κ1) is 18.0. The zero-order valence-electron chi connectivity index (χ0n) is 15.2. The number of unbranched alkanes of at least 4 members (excludes halogenated alkanes) is 1. The Morgan fingerprint density at radius 3 is 2.81 bits per heavy atom. The molecule has 5 nitrogen and oxygen atoms in total. The van der Waals surface area contributed by atoms with Gasteiger partial charge in [0.2, 0.25) is 0 Å². The van der Waals surface area contributed by atoms with Gasteiger partial charge in [-0.25, -0.2) is 0 Å². The fraction of sp³-hybridized carbons (Fsp3) is 0.333. The van der Waals surface area contributed by atoms with Crippen molar-refractivity contribution in [1.82, 2.24) is 10.3 Å². The number of ether oxygens (including phenoxy) is 1. The second-order valence-corrected chi connectivity index (χ2v) is 6.50. The van der Waals surface area contributed by atoms with E-state index in [4.69, 9.17) is 4.74 Å². The van der Waals surface area contributed by atoms with Crippen molar-refractivity contribution in [2.75, 3.05) is 6.61 Å². The van der Waals surface area contributed by atoms with E-state index >= 15 is 0 Å². The van der Waals surface area contributed by atoms with Gasteiger partial charge in [-0.1, -0.05) is 31.6 Å². The van der Waals surface area contributed by atoms with Crippen LogP contribution in [0.1, 0.15) is 59.9 Å². The van der Waals surface area contributed by atoms with E-state index in [-0.39, 0.29) is 22.9 Å². The summed E-state index contributed by atoms with van der Waals surface area (Å²) in [5.74, 6) is 0.458. The number of aromatic amines is 1. The van der Waals surface area contributed by atoms with Crippen LogP contribution in [0.25, 0.3) is 6.08 Å². The molecular formula is C21H24N2O3. The van der Waals surface area contributed by atoms with E-state index in [2.05, 4.69) is 17.2 Å². The largest absolute Gasteiger partial charge is 0.494 e. The zero-order chi connectivity index (χ0) is 18.5. The van der Waals surface area contributed by atoms with Crippen molar-refractivity contribution in [3.63, 3.8) is 0 Å². The molecule has 1 heterocycles. The fourth-order valence-corrected chi connectivity index (χ4v) is 2.95. The summed E-state index contributed by atoms with van der Waals surface area (Å²) in [6, 6.07) is 7.47. The summed E-state index contributed by atoms with van der Waals surface area (Å²) in [5, 5.41) is 2.90. The number of nitrogens with one attached hydrogen (secondary N) is 2. The molecule has 0 spiro atoms. The van der Waals surface area contributed by atoms with Gasteiger partial charge in [0, 0.05) is 17.5 Å². The Morgan fingerprint density at radius 1 is 1.31 bits per heavy atom. The summed E-state index contributed by atoms with van der Waals surface area (Å²) in [6.45, 7) is 4.73. The van der Waals surface area contributed by atoms with Crippen LogP contribution < -0.4 is 15.5 Å². The molecular weight excluding hydrogens is 328 g/mol. The van der Waals surface area contributed by atoms with Crippen LogP contribution in [0.15, 0.2) is 41.3 Å². The average Bonchev–Trinajstić information content (AvgIpc) is 3.12. The topological polar surface area (TPSA) is 71.2 Å². The Bertz CT molecular complexity index is 866. The molecule has 0 bridgehead atoms. The molecule has 2 aromatic rings. The summed E-state index contributed by atoms with van der Waals surface area (Å²) < 4.78 is 5.65. The second-order valence-electron chi connectivity index (χ2n) is 6.50. The van der Waals surface area contributed by atoms with Crippen LogP contribution in [-0.2, 0) is 6.42 Å². The van der Waals surface area contributed by atoms with Crippen molar-refractivity contribution in [2.24, 2.45) is 0 Å². The third-order valence-electron chi connectivity index (χ3n) is 4.56. The first-order valence-electron chi connectivity index (χ1n) is 9.05. The smallest absolute Gasteiger partial charge is 0.257 e. The third kappa shape index (κ3) is 3.87. The van der Waals surface area contributed by atoms with Crippen LogP contribution in [0, 0.1) is 0 Å². The summed E-state index contributed by atoms with van der Waals surface area (Å²) in [6.07, 6.45) is 7.96. The summed E-state index contributed by atoms with van der Waals surface area (Å²) >= 11 is 0. The molecule has 3 rings (SSSR count). The normalized spacial score (nSPS) is 13.3. The predicted octanol–water partition coefficient (Wildman–Crippen LogP) is 3.61. The lowest BCUT2D eigenvalue weighted by molar-refractivity contribution is 0.0938. The van der Waals surface area contributed by atoms with E-state index in [0.717, 1.165) is 29.8 Å². The van der Waals surface area contributed by atoms with Gasteiger partial charge in [-0.15, -0.1) is 0 Å². The van der Waals surface area contributed by atoms with Gasteiger partial charge >= 0.3 is 0 Å². The zero-order valence-corrected chi connectivity index (χ0v) is 15.2. The first-order valence-corrected chi connectivity index (χ1v) is 9.05. The average molecular weight is 352 g/mol. The number of aromatic nitrogens is 1. The Labute approximate surface area is 153 Å². The van der Waals surface area contributed by atoms with Gasteiger partial charge in [-0.2, -0.15) is 0 Å². The molecule has 1 aliphatic carbocycles. The molecule has 5 heteroatoms. The standard InChI is InChI=1S/C21H24N2O3/c1-3-4-12-26-16-10-8-15(9-11-16)14(2)23-21(25)18-13-22-19-7-5-6-17(19)20(18)24/h5,7-11,13-14H,3-4,6,12H2,1-2H3,(H,22,24)(H,23,25). The van der Waals surface area contributed by atoms with Crippen LogP contribution >= 0.6 is 0 Å². The van der Waals surface area contributed by atoms with Crippen molar-refractivity contribution in [1.29, 1.82) is 0 Å². The van der Waals surface area contributed by atoms with Crippen LogP contribution in [-0.4, -0.2) is 17.5 Å². The van der Waals surface area contributed by atoms with Crippen molar-refractivity contribution >= 4 is 12.0 Å². The molecule has 0 saturated carbocycles. The Balaban J connectivity index is 1.65. The van der Waals surface area contributed by atoms with E-state index in [0.29, 0.717) is 18.6 Å². The molecule has 1 unspecified atom stereocenters. The number of hydrogen-bond acceptors (Lipinski definition) is 3. The number of allylic oxidation sites excluding steroid dienone is 1. The highest BCUT2D eigenvalue weighted by Gasteiger charge is 2.19. The summed E-state index contributed by atoms with van der Waals surface area (Å²) in [7, 11) is 0.